The van der Waals surface area contributed by atoms with E-state index >= 15 is 0 Å². The maximum atomic E-state index is 11.6. The van der Waals surface area contributed by atoms with Crippen molar-refractivity contribution >= 4 is 11.9 Å². The molecular formula is C13H18N2O4. The van der Waals surface area contributed by atoms with Crippen LogP contribution in [0.1, 0.15) is 18.9 Å². The molecule has 0 saturated heterocycles. The lowest BCUT2D eigenvalue weighted by molar-refractivity contribution is -0.139. The summed E-state index contributed by atoms with van der Waals surface area (Å²) in [7, 11) is 0. The average Bonchev–Trinajstić information content (AvgIpc) is 2.31. The zero-order chi connectivity index (χ0) is 14.4. The third-order valence-electron chi connectivity index (χ3n) is 2.60. The molecule has 0 fully saturated rings. The van der Waals surface area contributed by atoms with Crippen molar-refractivity contribution in [2.45, 2.75) is 31.8 Å². The van der Waals surface area contributed by atoms with E-state index in [0.29, 0.717) is 6.42 Å². The van der Waals surface area contributed by atoms with Gasteiger partial charge in [-0.1, -0.05) is 12.1 Å². The van der Waals surface area contributed by atoms with Gasteiger partial charge in [-0.15, -0.1) is 0 Å². The Bertz CT molecular complexity index is 444. The van der Waals surface area contributed by atoms with Crippen LogP contribution in [0.5, 0.6) is 5.75 Å². The number of phenolic OH excluding ortho intramolecular Hbond substituents is 1. The molecular weight excluding hydrogens is 248 g/mol. The van der Waals surface area contributed by atoms with E-state index in [1.807, 2.05) is 0 Å². The number of nitrogens with two attached hydrogens (primary N) is 1. The molecule has 6 heteroatoms. The SMILES string of the molecule is C[C@H](Cc1ccc(O)cc1)NC(=O)[C@H](N)CC(=O)O. The summed E-state index contributed by atoms with van der Waals surface area (Å²) in [5.41, 5.74) is 6.41. The van der Waals surface area contributed by atoms with E-state index in [-0.39, 0.29) is 11.8 Å². The molecule has 0 spiro atoms. The fraction of sp³-hybridized carbons (Fsp3) is 0.385. The Morgan fingerprint density at radius 3 is 2.42 bits per heavy atom. The fourth-order valence-electron chi connectivity index (χ4n) is 1.67. The van der Waals surface area contributed by atoms with Gasteiger partial charge in [-0.05, 0) is 31.0 Å². The van der Waals surface area contributed by atoms with E-state index in [2.05, 4.69) is 5.32 Å². The van der Waals surface area contributed by atoms with Crippen molar-refractivity contribution < 1.29 is 19.8 Å². The van der Waals surface area contributed by atoms with Crippen LogP contribution in [0.15, 0.2) is 24.3 Å². The molecule has 0 unspecified atom stereocenters. The van der Waals surface area contributed by atoms with Crippen LogP contribution in [0.2, 0.25) is 0 Å². The molecule has 0 aliphatic rings. The van der Waals surface area contributed by atoms with Crippen molar-refractivity contribution in [3.05, 3.63) is 29.8 Å². The number of carboxylic acid groups (broad SMARTS) is 1. The Balaban J connectivity index is 2.46. The van der Waals surface area contributed by atoms with E-state index in [9.17, 15) is 9.59 Å². The zero-order valence-electron chi connectivity index (χ0n) is 10.7. The highest BCUT2D eigenvalue weighted by molar-refractivity contribution is 5.86. The Hall–Kier alpha value is -2.08. The lowest BCUT2D eigenvalue weighted by Gasteiger charge is -2.16. The summed E-state index contributed by atoms with van der Waals surface area (Å²) >= 11 is 0. The molecule has 0 radical (unpaired) electrons. The molecule has 0 aliphatic heterocycles. The Morgan fingerprint density at radius 2 is 1.89 bits per heavy atom. The molecule has 2 atom stereocenters. The number of amides is 1. The number of hydrogen-bond acceptors (Lipinski definition) is 4. The minimum Gasteiger partial charge on any atom is -0.508 e. The van der Waals surface area contributed by atoms with Gasteiger partial charge in [0.15, 0.2) is 0 Å². The molecule has 1 aromatic rings. The number of hydrogen-bond donors (Lipinski definition) is 4. The summed E-state index contributed by atoms with van der Waals surface area (Å²) in [5.74, 6) is -1.40. The summed E-state index contributed by atoms with van der Waals surface area (Å²) < 4.78 is 0. The number of carbonyl (C=O) groups is 2. The van der Waals surface area contributed by atoms with Crippen LogP contribution in [0, 0.1) is 0 Å². The van der Waals surface area contributed by atoms with Crippen molar-refractivity contribution in [3.8, 4) is 5.75 Å². The molecule has 1 rings (SSSR count). The molecule has 0 heterocycles. The van der Waals surface area contributed by atoms with Gasteiger partial charge in [-0.2, -0.15) is 0 Å². The maximum Gasteiger partial charge on any atom is 0.305 e. The summed E-state index contributed by atoms with van der Waals surface area (Å²) in [6.07, 6.45) is 0.184. The smallest absolute Gasteiger partial charge is 0.305 e. The van der Waals surface area contributed by atoms with Gasteiger partial charge < -0.3 is 21.3 Å². The molecule has 1 aromatic carbocycles. The predicted molar refractivity (Wildman–Crippen MR) is 69.6 cm³/mol. The number of phenols is 1. The molecule has 104 valence electrons. The second-order valence-corrected chi connectivity index (χ2v) is 4.48. The third-order valence-corrected chi connectivity index (χ3v) is 2.60. The van der Waals surface area contributed by atoms with E-state index < -0.39 is 24.3 Å². The lowest BCUT2D eigenvalue weighted by Crippen LogP contribution is -2.46. The number of carbonyl (C=O) groups excluding carboxylic acids is 1. The van der Waals surface area contributed by atoms with E-state index in [4.69, 9.17) is 15.9 Å². The first-order chi connectivity index (χ1) is 8.88. The van der Waals surface area contributed by atoms with E-state index in [0.717, 1.165) is 5.56 Å². The number of nitrogens with one attached hydrogen (secondary N) is 1. The number of rotatable bonds is 6. The monoisotopic (exact) mass is 266 g/mol. The van der Waals surface area contributed by atoms with Crippen LogP contribution in [0.4, 0.5) is 0 Å². The normalized spacial score (nSPS) is 13.6. The highest BCUT2D eigenvalue weighted by atomic mass is 16.4. The van der Waals surface area contributed by atoms with Crippen molar-refractivity contribution in [1.82, 2.24) is 5.32 Å². The average molecular weight is 266 g/mol. The first kappa shape index (κ1) is 15.0. The summed E-state index contributed by atoms with van der Waals surface area (Å²) in [6, 6.07) is 5.45. The Kier molecular flexibility index (Phi) is 5.32. The highest BCUT2D eigenvalue weighted by Crippen LogP contribution is 2.11. The molecule has 0 bridgehead atoms. The predicted octanol–water partition coefficient (Wildman–Crippen LogP) is 0.241. The van der Waals surface area contributed by atoms with Gasteiger partial charge in [0.05, 0.1) is 12.5 Å². The summed E-state index contributed by atoms with van der Waals surface area (Å²) in [5, 5.41) is 20.4. The summed E-state index contributed by atoms with van der Waals surface area (Å²) in [6.45, 7) is 1.80. The standard InChI is InChI=1S/C13H18N2O4/c1-8(6-9-2-4-10(16)5-3-9)15-13(19)11(14)7-12(17)18/h2-5,8,11,16H,6-7,14H2,1H3,(H,15,19)(H,17,18)/t8-,11-/m1/s1. The molecule has 19 heavy (non-hydrogen) atoms. The Labute approximate surface area is 111 Å². The van der Waals surface area contributed by atoms with Gasteiger partial charge in [0.25, 0.3) is 0 Å². The van der Waals surface area contributed by atoms with Crippen LogP contribution in [0.3, 0.4) is 0 Å². The summed E-state index contributed by atoms with van der Waals surface area (Å²) in [4.78, 5) is 22.0. The lowest BCUT2D eigenvalue weighted by atomic mass is 10.1. The van der Waals surface area contributed by atoms with Crippen molar-refractivity contribution in [2.75, 3.05) is 0 Å². The molecule has 0 saturated carbocycles. The van der Waals surface area contributed by atoms with Gasteiger partial charge in [0.1, 0.15) is 5.75 Å². The van der Waals surface area contributed by atoms with Gasteiger partial charge in [-0.3, -0.25) is 9.59 Å². The maximum absolute atomic E-state index is 11.6. The number of aliphatic carboxylic acids is 1. The number of carboxylic acids is 1. The highest BCUT2D eigenvalue weighted by Gasteiger charge is 2.18. The first-order valence-electron chi connectivity index (χ1n) is 5.94. The quantitative estimate of drug-likeness (QED) is 0.589. The number of aromatic hydroxyl groups is 1. The minimum atomic E-state index is -1.10. The molecule has 6 nitrogen and oxygen atoms in total. The van der Waals surface area contributed by atoms with E-state index in [1.54, 1.807) is 31.2 Å². The topological polar surface area (TPSA) is 113 Å². The molecule has 5 N–H and O–H groups in total. The number of benzene rings is 1. The molecule has 0 aliphatic carbocycles. The van der Waals surface area contributed by atoms with Crippen molar-refractivity contribution in [3.63, 3.8) is 0 Å². The van der Waals surface area contributed by atoms with Crippen molar-refractivity contribution in [1.29, 1.82) is 0 Å². The molecule has 1 amide bonds. The minimum absolute atomic E-state index is 0.170. The second-order valence-electron chi connectivity index (χ2n) is 4.48. The van der Waals surface area contributed by atoms with Crippen molar-refractivity contribution in [2.24, 2.45) is 5.73 Å². The van der Waals surface area contributed by atoms with Gasteiger partial charge >= 0.3 is 5.97 Å². The molecule has 0 aromatic heterocycles. The largest absolute Gasteiger partial charge is 0.508 e. The van der Waals surface area contributed by atoms with Crippen LogP contribution in [-0.2, 0) is 16.0 Å². The first-order valence-corrected chi connectivity index (χ1v) is 5.94. The van der Waals surface area contributed by atoms with Gasteiger partial charge in [0, 0.05) is 6.04 Å². The fourth-order valence-corrected chi connectivity index (χ4v) is 1.67. The van der Waals surface area contributed by atoms with Crippen LogP contribution >= 0.6 is 0 Å². The second kappa shape index (κ2) is 6.75. The van der Waals surface area contributed by atoms with E-state index in [1.165, 1.54) is 0 Å². The van der Waals surface area contributed by atoms with Gasteiger partial charge in [0.2, 0.25) is 5.91 Å². The third kappa shape index (κ3) is 5.39. The van der Waals surface area contributed by atoms with Crippen LogP contribution in [0.25, 0.3) is 0 Å². The van der Waals surface area contributed by atoms with Crippen LogP contribution in [-0.4, -0.2) is 34.2 Å². The Morgan fingerprint density at radius 1 is 1.32 bits per heavy atom. The van der Waals surface area contributed by atoms with Gasteiger partial charge in [-0.25, -0.2) is 0 Å². The van der Waals surface area contributed by atoms with Crippen LogP contribution < -0.4 is 11.1 Å². The zero-order valence-corrected chi connectivity index (χ0v) is 10.7.